The van der Waals surface area contributed by atoms with Crippen LogP contribution >= 0.6 is 0 Å². The van der Waals surface area contributed by atoms with E-state index in [0.717, 1.165) is 0 Å². The molecule has 0 spiro atoms. The molecule has 0 unspecified atom stereocenters. The lowest BCUT2D eigenvalue weighted by Gasteiger charge is -2.14. The van der Waals surface area contributed by atoms with Gasteiger partial charge in [0.2, 0.25) is 0 Å². The molecule has 2 N–H and O–H groups in total. The van der Waals surface area contributed by atoms with E-state index < -0.39 is 0 Å². The second-order valence-electron chi connectivity index (χ2n) is 5.12. The quantitative estimate of drug-likeness (QED) is 0.920. The van der Waals surface area contributed by atoms with E-state index in [1.807, 2.05) is 0 Å². The SMILES string of the molecule is Cc1cc(C)c(COc2ccc(F)cc2CN)c(C)c1. The van der Waals surface area contributed by atoms with E-state index in [2.05, 4.69) is 32.9 Å². The summed E-state index contributed by atoms with van der Waals surface area (Å²) in [5, 5.41) is 0. The van der Waals surface area contributed by atoms with Gasteiger partial charge < -0.3 is 10.5 Å². The van der Waals surface area contributed by atoms with Crippen LogP contribution in [0.25, 0.3) is 0 Å². The lowest BCUT2D eigenvalue weighted by Crippen LogP contribution is -2.05. The van der Waals surface area contributed by atoms with E-state index in [4.69, 9.17) is 10.5 Å². The van der Waals surface area contributed by atoms with Gasteiger partial charge in [-0.1, -0.05) is 17.7 Å². The summed E-state index contributed by atoms with van der Waals surface area (Å²) in [7, 11) is 0. The van der Waals surface area contributed by atoms with Gasteiger partial charge in [-0.05, 0) is 55.7 Å². The van der Waals surface area contributed by atoms with Crippen LogP contribution < -0.4 is 10.5 Å². The van der Waals surface area contributed by atoms with E-state index in [1.165, 1.54) is 34.4 Å². The highest BCUT2D eigenvalue weighted by Crippen LogP contribution is 2.23. The van der Waals surface area contributed by atoms with Gasteiger partial charge >= 0.3 is 0 Å². The second-order valence-corrected chi connectivity index (χ2v) is 5.12. The Morgan fingerprint density at radius 2 is 1.70 bits per heavy atom. The third-order valence-electron chi connectivity index (χ3n) is 3.45. The van der Waals surface area contributed by atoms with Gasteiger partial charge in [0.1, 0.15) is 18.2 Å². The summed E-state index contributed by atoms with van der Waals surface area (Å²) >= 11 is 0. The second kappa shape index (κ2) is 6.06. The number of halogens is 1. The zero-order chi connectivity index (χ0) is 14.7. The topological polar surface area (TPSA) is 35.2 Å². The highest BCUT2D eigenvalue weighted by Gasteiger charge is 2.08. The molecule has 0 amide bonds. The van der Waals surface area contributed by atoms with Crippen LogP contribution in [0.3, 0.4) is 0 Å². The Morgan fingerprint density at radius 3 is 2.30 bits per heavy atom. The van der Waals surface area contributed by atoms with Gasteiger partial charge in [-0.3, -0.25) is 0 Å². The number of benzene rings is 2. The van der Waals surface area contributed by atoms with Gasteiger partial charge in [-0.25, -0.2) is 4.39 Å². The number of ether oxygens (including phenoxy) is 1. The first kappa shape index (κ1) is 14.5. The summed E-state index contributed by atoms with van der Waals surface area (Å²) < 4.78 is 19.0. The molecular formula is C17H20FNO. The maximum atomic E-state index is 13.2. The highest BCUT2D eigenvalue weighted by molar-refractivity contribution is 5.38. The van der Waals surface area contributed by atoms with Crippen LogP contribution in [0.2, 0.25) is 0 Å². The van der Waals surface area contributed by atoms with Gasteiger partial charge in [0, 0.05) is 12.1 Å². The molecule has 2 aromatic rings. The summed E-state index contributed by atoms with van der Waals surface area (Å²) in [4.78, 5) is 0. The molecule has 0 aliphatic rings. The summed E-state index contributed by atoms with van der Waals surface area (Å²) in [6, 6.07) is 8.73. The lowest BCUT2D eigenvalue weighted by atomic mass is 10.0. The normalized spacial score (nSPS) is 10.7. The Labute approximate surface area is 119 Å². The van der Waals surface area contributed by atoms with Gasteiger partial charge in [0.05, 0.1) is 0 Å². The summed E-state index contributed by atoms with van der Waals surface area (Å²) in [5.41, 5.74) is 11.1. The van der Waals surface area contributed by atoms with Crippen molar-refractivity contribution in [3.05, 3.63) is 64.0 Å². The minimum absolute atomic E-state index is 0.263. The molecule has 0 saturated heterocycles. The Bertz CT molecular complexity index is 599. The molecule has 0 atom stereocenters. The maximum absolute atomic E-state index is 13.2. The number of hydrogen-bond donors (Lipinski definition) is 1. The zero-order valence-electron chi connectivity index (χ0n) is 12.2. The first-order chi connectivity index (χ1) is 9.51. The third-order valence-corrected chi connectivity index (χ3v) is 3.45. The molecule has 20 heavy (non-hydrogen) atoms. The van der Waals surface area contributed by atoms with Crippen LogP contribution in [-0.4, -0.2) is 0 Å². The lowest BCUT2D eigenvalue weighted by molar-refractivity contribution is 0.301. The summed E-state index contributed by atoms with van der Waals surface area (Å²) in [6.07, 6.45) is 0. The molecule has 0 aliphatic carbocycles. The average molecular weight is 273 g/mol. The van der Waals surface area contributed by atoms with Crippen LogP contribution in [0, 0.1) is 26.6 Å². The molecule has 0 saturated carbocycles. The molecule has 0 fully saturated rings. The number of nitrogens with two attached hydrogens (primary N) is 1. The van der Waals surface area contributed by atoms with Gasteiger partial charge in [-0.2, -0.15) is 0 Å². The zero-order valence-corrected chi connectivity index (χ0v) is 12.2. The van der Waals surface area contributed by atoms with E-state index in [-0.39, 0.29) is 12.4 Å². The standard InChI is InChI=1S/C17H20FNO/c1-11-6-12(2)16(13(3)7-11)10-20-17-5-4-15(18)8-14(17)9-19/h4-8H,9-10,19H2,1-3H3. The molecular weight excluding hydrogens is 253 g/mol. The predicted octanol–water partition coefficient (Wildman–Crippen LogP) is 3.79. The third kappa shape index (κ3) is 3.17. The number of hydrogen-bond acceptors (Lipinski definition) is 2. The predicted molar refractivity (Wildman–Crippen MR) is 79.3 cm³/mol. The van der Waals surface area contributed by atoms with Crippen LogP contribution in [0.4, 0.5) is 4.39 Å². The van der Waals surface area contributed by atoms with E-state index in [0.29, 0.717) is 17.9 Å². The number of rotatable bonds is 4. The van der Waals surface area contributed by atoms with Gasteiger partial charge in [0.15, 0.2) is 0 Å². The van der Waals surface area contributed by atoms with Crippen molar-refractivity contribution in [3.63, 3.8) is 0 Å². The maximum Gasteiger partial charge on any atom is 0.124 e. The summed E-state index contributed by atoms with van der Waals surface area (Å²) in [6.45, 7) is 6.97. The first-order valence-corrected chi connectivity index (χ1v) is 6.69. The summed E-state index contributed by atoms with van der Waals surface area (Å²) in [5.74, 6) is 0.355. The molecule has 0 heterocycles. The largest absolute Gasteiger partial charge is 0.489 e. The van der Waals surface area contributed by atoms with Crippen molar-refractivity contribution in [1.82, 2.24) is 0 Å². The fraction of sp³-hybridized carbons (Fsp3) is 0.294. The van der Waals surface area contributed by atoms with Crippen LogP contribution in [-0.2, 0) is 13.2 Å². The molecule has 2 aromatic carbocycles. The molecule has 2 rings (SSSR count). The fourth-order valence-electron chi connectivity index (χ4n) is 2.44. The molecule has 2 nitrogen and oxygen atoms in total. The molecule has 0 aromatic heterocycles. The fourth-order valence-corrected chi connectivity index (χ4v) is 2.44. The Balaban J connectivity index is 2.21. The van der Waals surface area contributed by atoms with Crippen molar-refractivity contribution in [3.8, 4) is 5.75 Å². The van der Waals surface area contributed by atoms with Crippen molar-refractivity contribution in [2.24, 2.45) is 5.73 Å². The van der Waals surface area contributed by atoms with E-state index in [1.54, 1.807) is 6.07 Å². The monoisotopic (exact) mass is 273 g/mol. The molecule has 0 aliphatic heterocycles. The van der Waals surface area contributed by atoms with E-state index >= 15 is 0 Å². The van der Waals surface area contributed by atoms with Crippen LogP contribution in [0.15, 0.2) is 30.3 Å². The minimum Gasteiger partial charge on any atom is -0.489 e. The van der Waals surface area contributed by atoms with Crippen molar-refractivity contribution >= 4 is 0 Å². The Kier molecular flexibility index (Phi) is 4.40. The molecule has 106 valence electrons. The molecule has 0 radical (unpaired) electrons. The van der Waals surface area contributed by atoms with E-state index in [9.17, 15) is 4.39 Å². The van der Waals surface area contributed by atoms with Crippen LogP contribution in [0.5, 0.6) is 5.75 Å². The van der Waals surface area contributed by atoms with Crippen molar-refractivity contribution in [2.45, 2.75) is 33.9 Å². The average Bonchev–Trinajstić information content (AvgIpc) is 2.38. The highest BCUT2D eigenvalue weighted by atomic mass is 19.1. The number of aryl methyl sites for hydroxylation is 3. The molecule has 3 heteroatoms. The van der Waals surface area contributed by atoms with Crippen molar-refractivity contribution in [2.75, 3.05) is 0 Å². The minimum atomic E-state index is -0.291. The van der Waals surface area contributed by atoms with Gasteiger partial charge in [-0.15, -0.1) is 0 Å². The smallest absolute Gasteiger partial charge is 0.124 e. The Hall–Kier alpha value is -1.87. The molecule has 0 bridgehead atoms. The first-order valence-electron chi connectivity index (χ1n) is 6.69. The Morgan fingerprint density at radius 1 is 1.05 bits per heavy atom. The van der Waals surface area contributed by atoms with Crippen LogP contribution in [0.1, 0.15) is 27.8 Å². The van der Waals surface area contributed by atoms with Crippen molar-refractivity contribution < 1.29 is 9.13 Å². The van der Waals surface area contributed by atoms with Crippen molar-refractivity contribution in [1.29, 1.82) is 0 Å². The van der Waals surface area contributed by atoms with Gasteiger partial charge in [0.25, 0.3) is 0 Å².